The molecule has 4 aliphatic heterocycles. The number of carboxylic acids is 1. The number of aryl methyl sites for hydroxylation is 1. The fourth-order valence-electron chi connectivity index (χ4n) is 13.3. The van der Waals surface area contributed by atoms with Gasteiger partial charge < -0.3 is 54.2 Å². The summed E-state index contributed by atoms with van der Waals surface area (Å²) >= 11 is 0. The molecule has 2 aromatic heterocycles. The average molecular weight is 1520 g/mol. The van der Waals surface area contributed by atoms with Gasteiger partial charge in [-0.25, -0.2) is 0 Å². The number of benzene rings is 8. The first-order chi connectivity index (χ1) is 54.5. The number of hydrogen-bond acceptors (Lipinski definition) is 20. The van der Waals surface area contributed by atoms with Crippen molar-refractivity contribution in [2.24, 2.45) is 17.2 Å². The number of carbonyl (C=O) groups excluding carboxylic acids is 13. The van der Waals surface area contributed by atoms with Crippen LogP contribution in [0.3, 0.4) is 0 Å². The topological polar surface area (TPSA) is 466 Å². The van der Waals surface area contributed by atoms with Gasteiger partial charge in [0.2, 0.25) is 29.5 Å². The largest absolute Gasteiger partial charge is 0.480 e. The number of para-hydroxylation sites is 2. The number of primary amides is 2. The first-order valence-corrected chi connectivity index (χ1v) is 36.0. The van der Waals surface area contributed by atoms with Crippen molar-refractivity contribution in [3.05, 3.63) is 244 Å². The number of hydrogen-bond donors (Lipinski definition) is 12. The van der Waals surface area contributed by atoms with E-state index in [1.165, 1.54) is 36.7 Å². The highest BCUT2D eigenvalue weighted by molar-refractivity contribution is 6.26. The number of pyridine rings is 2. The predicted octanol–water partition coefficient (Wildman–Crippen LogP) is 7.42. The number of fused-ring (bicyclic) bond motifs is 4. The van der Waals surface area contributed by atoms with Gasteiger partial charge in [0.1, 0.15) is 18.6 Å². The molecule has 2 saturated heterocycles. The third-order valence-corrected chi connectivity index (χ3v) is 19.0. The van der Waals surface area contributed by atoms with E-state index in [0.717, 1.165) is 60.8 Å². The number of nitrogens with two attached hydrogens (primary N) is 3. The van der Waals surface area contributed by atoms with E-state index < -0.39 is 83.7 Å². The van der Waals surface area contributed by atoms with Crippen molar-refractivity contribution in [2.45, 2.75) is 63.5 Å². The zero-order valence-corrected chi connectivity index (χ0v) is 60.5. The number of carbonyl (C=O) groups is 14. The van der Waals surface area contributed by atoms with Gasteiger partial charge in [-0.15, -0.1) is 0 Å². The number of anilines is 5. The summed E-state index contributed by atoms with van der Waals surface area (Å²) in [6, 6.07) is 52.2. The van der Waals surface area contributed by atoms with Gasteiger partial charge >= 0.3 is 5.97 Å². The minimum absolute atomic E-state index is 0.0252. The Balaban J connectivity index is 0.000000175. The summed E-state index contributed by atoms with van der Waals surface area (Å²) in [6.07, 6.45) is 4.60. The van der Waals surface area contributed by atoms with Crippen LogP contribution in [0.25, 0.3) is 44.1 Å². The summed E-state index contributed by atoms with van der Waals surface area (Å²) < 4.78 is 0. The molecule has 113 heavy (non-hydrogen) atoms. The number of nitrogens with one attached hydrogen (secondary N) is 8. The fourth-order valence-corrected chi connectivity index (χ4v) is 13.3. The van der Waals surface area contributed by atoms with Crippen LogP contribution in [-0.2, 0) is 35.2 Å². The summed E-state index contributed by atoms with van der Waals surface area (Å²) in [4.78, 5) is 182. The van der Waals surface area contributed by atoms with Crippen LogP contribution in [0.15, 0.2) is 194 Å². The molecule has 2 fully saturated rings. The van der Waals surface area contributed by atoms with E-state index in [1.54, 1.807) is 36.4 Å². The van der Waals surface area contributed by atoms with Crippen molar-refractivity contribution >= 4 is 133 Å². The SMILES string of the molecule is NC(=O)c1cnc2ccc(-c3ccc(C(=O)NCCCNC(=O)CCc4cccc5c4C(=O)N(C4CCC(=O)NC4=O)C5=O)cc3)cc2c1Nc1ccccc1.NCCCNC(=O)c1ccc(-c2ccc3ncc(C(N)=O)c(Nc4ccccc4)c3c2)cc1.O=C(O)CNc1cccc2c1C(=O)N(C1CCC(=O)NC1=O)C2=O. The van der Waals surface area contributed by atoms with Crippen LogP contribution < -0.4 is 59.7 Å². The van der Waals surface area contributed by atoms with Crippen molar-refractivity contribution in [2.75, 3.05) is 48.7 Å². The van der Waals surface area contributed by atoms with Gasteiger partial charge in [0.05, 0.1) is 55.8 Å². The smallest absolute Gasteiger partial charge is 0.322 e. The second-order valence-corrected chi connectivity index (χ2v) is 26.5. The number of rotatable bonds is 25. The van der Waals surface area contributed by atoms with E-state index in [1.807, 2.05) is 121 Å². The Morgan fingerprint density at radius 3 is 1.39 bits per heavy atom. The van der Waals surface area contributed by atoms with Gasteiger partial charge in [-0.1, -0.05) is 91.0 Å². The molecule has 0 spiro atoms. The van der Waals surface area contributed by atoms with Crippen molar-refractivity contribution in [3.63, 3.8) is 0 Å². The number of carboxylic acid groups (broad SMARTS) is 1. The summed E-state index contributed by atoms with van der Waals surface area (Å²) in [5.74, 6) is -7.74. The first-order valence-electron chi connectivity index (χ1n) is 36.0. The molecule has 0 aliphatic carbocycles. The molecule has 0 saturated carbocycles. The standard InChI is InChI=1S/C42H37N7O7.C26H25N5O2.C15H13N3O6/c43-38(52)31-23-46-32-16-14-27(22-30(32)37(31)47-28-7-2-1-3-8-28)24-10-12-26(13-11-24)39(53)45-21-5-20-44-34(50)18-15-25-6-4-9-29-36(25)42(56)49(41(29)55)33-17-19-35(51)48-40(33)54;27-13-4-14-29-26(33)18-9-7-17(8-10-18)19-11-12-23-21(15-19)24(22(16-30-23)25(28)32)31-20-5-2-1-3-6-20;19-10-5-4-9(13(22)17-10)18-14(23)7-2-1-3-8(12(7)15(18)24)16-6-11(20)21/h1-4,6-14,16,22-23,33H,5,15,17-21H2,(H2,43,52)(H,44,50)(H,45,53)(H,46,47)(H,48,51,54);1-3,5-12,15-16H,4,13-14,27H2,(H2,28,32)(H,29,33)(H,30,31);1-3,9,16H,4-6H2,(H,20,21)(H,17,19,22). The van der Waals surface area contributed by atoms with Crippen LogP contribution in [0.2, 0.25) is 0 Å². The molecule has 0 radical (unpaired) electrons. The normalized spacial score (nSPS) is 14.8. The molecule has 8 aromatic carbocycles. The highest BCUT2D eigenvalue weighted by atomic mass is 16.4. The number of imide groups is 4. The van der Waals surface area contributed by atoms with Gasteiger partial charge in [0.15, 0.2) is 0 Å². The van der Waals surface area contributed by atoms with E-state index in [9.17, 15) is 67.1 Å². The number of piperidine rings is 2. The number of aromatic nitrogens is 2. The summed E-state index contributed by atoms with van der Waals surface area (Å²) in [6.45, 7) is 1.29. The molecule has 2 unspecified atom stereocenters. The second kappa shape index (κ2) is 35.1. The molecular formula is C83H75N15O15. The lowest BCUT2D eigenvalue weighted by atomic mass is 9.99. The molecule has 2 atom stereocenters. The van der Waals surface area contributed by atoms with Crippen LogP contribution >= 0.6 is 0 Å². The molecule has 4 aliphatic rings. The Morgan fingerprint density at radius 2 is 0.929 bits per heavy atom. The van der Waals surface area contributed by atoms with Crippen LogP contribution in [0.4, 0.5) is 28.4 Å². The van der Waals surface area contributed by atoms with Crippen LogP contribution in [0, 0.1) is 0 Å². The minimum Gasteiger partial charge on any atom is -0.480 e. The lowest BCUT2D eigenvalue weighted by Gasteiger charge is -2.27. The van der Waals surface area contributed by atoms with Gasteiger partial charge in [-0.2, -0.15) is 0 Å². The van der Waals surface area contributed by atoms with Gasteiger partial charge in [0.25, 0.3) is 47.3 Å². The maximum absolute atomic E-state index is 13.3. The average Bonchev–Trinajstić information content (AvgIpc) is 1.61. The molecular weight excluding hydrogens is 1450 g/mol. The van der Waals surface area contributed by atoms with E-state index in [-0.39, 0.29) is 89.8 Å². The van der Waals surface area contributed by atoms with Gasteiger partial charge in [-0.05, 0) is 157 Å². The third kappa shape index (κ3) is 17.9. The Morgan fingerprint density at radius 1 is 0.487 bits per heavy atom. The number of amides is 13. The van der Waals surface area contributed by atoms with Crippen LogP contribution in [-0.4, -0.2) is 152 Å². The van der Waals surface area contributed by atoms with Gasteiger partial charge in [-0.3, -0.25) is 97.5 Å². The molecule has 10 aromatic rings. The highest BCUT2D eigenvalue weighted by Gasteiger charge is 2.47. The molecule has 572 valence electrons. The minimum atomic E-state index is -1.12. The Kier molecular flexibility index (Phi) is 24.2. The van der Waals surface area contributed by atoms with Crippen LogP contribution in [0.1, 0.15) is 133 Å². The van der Waals surface area contributed by atoms with E-state index in [0.29, 0.717) is 77.1 Å². The quantitative estimate of drug-likeness (QED) is 0.0195. The monoisotopic (exact) mass is 1520 g/mol. The maximum atomic E-state index is 13.3. The van der Waals surface area contributed by atoms with E-state index in [2.05, 4.69) is 52.5 Å². The van der Waals surface area contributed by atoms with E-state index in [4.69, 9.17) is 22.3 Å². The lowest BCUT2D eigenvalue weighted by molar-refractivity contribution is -0.137. The van der Waals surface area contributed by atoms with Crippen molar-refractivity contribution in [1.29, 1.82) is 0 Å². The second-order valence-electron chi connectivity index (χ2n) is 26.5. The Labute approximate surface area is 644 Å². The molecule has 13 amide bonds. The summed E-state index contributed by atoms with van der Waals surface area (Å²) in [5, 5.41) is 32.3. The molecule has 6 heterocycles. The number of aliphatic carboxylic acids is 1. The lowest BCUT2D eigenvalue weighted by Crippen LogP contribution is -2.54. The molecule has 14 rings (SSSR count). The molecule has 30 nitrogen and oxygen atoms in total. The molecule has 30 heteroatoms. The Bertz CT molecular complexity index is 5490. The first kappa shape index (κ1) is 77.9. The predicted molar refractivity (Wildman–Crippen MR) is 417 cm³/mol. The van der Waals surface area contributed by atoms with Crippen LogP contribution in [0.5, 0.6) is 0 Å². The zero-order chi connectivity index (χ0) is 80.0. The fraction of sp³-hybridized carbons (Fsp3) is 0.181. The third-order valence-electron chi connectivity index (χ3n) is 19.0. The summed E-state index contributed by atoms with van der Waals surface area (Å²) in [7, 11) is 0. The summed E-state index contributed by atoms with van der Waals surface area (Å²) in [5.41, 5.74) is 27.4. The maximum Gasteiger partial charge on any atom is 0.322 e. The van der Waals surface area contributed by atoms with Gasteiger partial charge in [0, 0.05) is 90.3 Å². The van der Waals surface area contributed by atoms with E-state index >= 15 is 0 Å². The highest BCUT2D eigenvalue weighted by Crippen LogP contribution is 2.37. The number of nitrogens with zero attached hydrogens (tertiary/aromatic N) is 4. The molecule has 15 N–H and O–H groups in total. The van der Waals surface area contributed by atoms with Crippen molar-refractivity contribution in [1.82, 2.24) is 46.4 Å². The van der Waals surface area contributed by atoms with Crippen molar-refractivity contribution < 1.29 is 72.2 Å². The Hall–Kier alpha value is -14.7. The molecule has 0 bridgehead atoms. The zero-order valence-electron chi connectivity index (χ0n) is 60.5. The van der Waals surface area contributed by atoms with Crippen molar-refractivity contribution in [3.8, 4) is 22.3 Å².